The number of amides is 2. The average molecular weight is 445 g/mol. The Balaban J connectivity index is 1.30. The molecule has 2 amide bonds. The maximum atomic E-state index is 12.9. The lowest BCUT2D eigenvalue weighted by Crippen LogP contribution is -2.28. The molecule has 2 aromatic carbocycles. The van der Waals surface area contributed by atoms with E-state index in [0.29, 0.717) is 65.8 Å². The van der Waals surface area contributed by atoms with Crippen LogP contribution in [0, 0.1) is 5.92 Å². The molecule has 1 atom stereocenters. The summed E-state index contributed by atoms with van der Waals surface area (Å²) in [5, 5.41) is 3.19. The van der Waals surface area contributed by atoms with Crippen LogP contribution in [-0.2, 0) is 9.59 Å². The molecule has 0 saturated carbocycles. The van der Waals surface area contributed by atoms with E-state index in [-0.39, 0.29) is 24.8 Å². The summed E-state index contributed by atoms with van der Waals surface area (Å²) < 4.78 is 22.4. The molecule has 1 fully saturated rings. The Bertz CT molecular complexity index is 1040. The number of nitrogens with zero attached hydrogens (tertiary/aromatic N) is 1. The summed E-state index contributed by atoms with van der Waals surface area (Å²) >= 11 is 6.33. The molecule has 1 N–H and O–H groups in total. The summed E-state index contributed by atoms with van der Waals surface area (Å²) in [7, 11) is 0. The standard InChI is InChI=1S/C22H21ClN2O6/c23-15-10-19-20(29-5-1-4-28-19)11-16(15)24-22(27)13-8-21(26)25(12-13)14-2-3-17-18(9-14)31-7-6-30-17/h2-3,9-11,13H,1,4-8,12H2,(H,24,27)/t13-/m1/s1. The van der Waals surface area contributed by atoms with Crippen LogP contribution in [0.15, 0.2) is 30.3 Å². The fraction of sp³-hybridized carbons (Fsp3) is 0.364. The average Bonchev–Trinajstić information content (AvgIpc) is 3.02. The van der Waals surface area contributed by atoms with Gasteiger partial charge in [0.1, 0.15) is 13.2 Å². The highest BCUT2D eigenvalue weighted by Crippen LogP contribution is 2.39. The third kappa shape index (κ3) is 3.95. The number of fused-ring (bicyclic) bond motifs is 2. The number of rotatable bonds is 3. The molecule has 8 nitrogen and oxygen atoms in total. The van der Waals surface area contributed by atoms with Crippen molar-refractivity contribution in [3.8, 4) is 23.0 Å². The van der Waals surface area contributed by atoms with Crippen LogP contribution >= 0.6 is 11.6 Å². The first kappa shape index (κ1) is 19.8. The predicted molar refractivity (Wildman–Crippen MR) is 114 cm³/mol. The largest absolute Gasteiger partial charge is 0.490 e. The second-order valence-corrected chi connectivity index (χ2v) is 7.96. The summed E-state index contributed by atoms with van der Waals surface area (Å²) in [4.78, 5) is 27.1. The van der Waals surface area contributed by atoms with Crippen molar-refractivity contribution in [2.24, 2.45) is 5.92 Å². The van der Waals surface area contributed by atoms with E-state index in [1.165, 1.54) is 0 Å². The van der Waals surface area contributed by atoms with E-state index in [9.17, 15) is 9.59 Å². The summed E-state index contributed by atoms with van der Waals surface area (Å²) in [5.74, 6) is 1.45. The molecule has 0 spiro atoms. The first-order valence-corrected chi connectivity index (χ1v) is 10.6. The molecule has 3 aliphatic heterocycles. The maximum Gasteiger partial charge on any atom is 0.229 e. The van der Waals surface area contributed by atoms with Crippen molar-refractivity contribution in [3.05, 3.63) is 35.4 Å². The lowest BCUT2D eigenvalue weighted by molar-refractivity contribution is -0.122. The Morgan fingerprint density at radius 1 is 0.935 bits per heavy atom. The van der Waals surface area contributed by atoms with Gasteiger partial charge < -0.3 is 29.2 Å². The number of benzene rings is 2. The van der Waals surface area contributed by atoms with Gasteiger partial charge in [0, 0.05) is 43.3 Å². The van der Waals surface area contributed by atoms with Crippen molar-refractivity contribution in [2.45, 2.75) is 12.8 Å². The molecule has 0 aliphatic carbocycles. The normalized spacial score (nSPS) is 19.7. The third-order valence-electron chi connectivity index (χ3n) is 5.43. The monoisotopic (exact) mass is 444 g/mol. The second-order valence-electron chi connectivity index (χ2n) is 7.55. The Kier molecular flexibility index (Phi) is 5.23. The van der Waals surface area contributed by atoms with Crippen LogP contribution in [0.5, 0.6) is 23.0 Å². The van der Waals surface area contributed by atoms with Gasteiger partial charge in [-0.25, -0.2) is 0 Å². The minimum Gasteiger partial charge on any atom is -0.490 e. The summed E-state index contributed by atoms with van der Waals surface area (Å²) in [6.07, 6.45) is 0.885. The van der Waals surface area contributed by atoms with E-state index in [1.807, 2.05) is 0 Å². The molecule has 0 radical (unpaired) electrons. The highest BCUT2D eigenvalue weighted by atomic mass is 35.5. The Morgan fingerprint density at radius 3 is 2.42 bits per heavy atom. The van der Waals surface area contributed by atoms with Gasteiger partial charge in [-0.2, -0.15) is 0 Å². The quantitative estimate of drug-likeness (QED) is 0.782. The summed E-state index contributed by atoms with van der Waals surface area (Å²) in [6, 6.07) is 8.65. The number of hydrogen-bond donors (Lipinski definition) is 1. The van der Waals surface area contributed by atoms with Crippen LogP contribution in [-0.4, -0.2) is 44.8 Å². The Hall–Kier alpha value is -3.13. The van der Waals surface area contributed by atoms with Crippen LogP contribution in [0.1, 0.15) is 12.8 Å². The Morgan fingerprint density at radius 2 is 1.61 bits per heavy atom. The lowest BCUT2D eigenvalue weighted by atomic mass is 10.1. The number of hydrogen-bond acceptors (Lipinski definition) is 6. The summed E-state index contributed by atoms with van der Waals surface area (Å²) in [6.45, 7) is 2.32. The molecule has 2 aromatic rings. The third-order valence-corrected chi connectivity index (χ3v) is 5.74. The summed E-state index contributed by atoms with van der Waals surface area (Å²) in [5.41, 5.74) is 1.11. The van der Waals surface area contributed by atoms with Crippen molar-refractivity contribution in [3.63, 3.8) is 0 Å². The molecular formula is C22H21ClN2O6. The molecule has 0 bridgehead atoms. The van der Waals surface area contributed by atoms with Crippen molar-refractivity contribution < 1.29 is 28.5 Å². The van der Waals surface area contributed by atoms with Crippen LogP contribution in [0.25, 0.3) is 0 Å². The number of carbonyl (C=O) groups excluding carboxylic acids is 2. The van der Waals surface area contributed by atoms with Gasteiger partial charge in [0.15, 0.2) is 23.0 Å². The van der Waals surface area contributed by atoms with Crippen molar-refractivity contribution in [1.29, 1.82) is 0 Å². The SMILES string of the molecule is O=C(Nc1cc2c(cc1Cl)OCCCO2)[C@@H]1CC(=O)N(c2ccc3c(c2)OCCO3)C1. The zero-order valence-electron chi connectivity index (χ0n) is 16.7. The van der Waals surface area contributed by atoms with Gasteiger partial charge in [0.25, 0.3) is 0 Å². The smallest absolute Gasteiger partial charge is 0.229 e. The van der Waals surface area contributed by atoms with Crippen molar-refractivity contribution in [2.75, 3.05) is 43.2 Å². The first-order chi connectivity index (χ1) is 15.1. The highest BCUT2D eigenvalue weighted by molar-refractivity contribution is 6.34. The van der Waals surface area contributed by atoms with Gasteiger partial charge in [-0.15, -0.1) is 0 Å². The van der Waals surface area contributed by atoms with E-state index < -0.39 is 5.92 Å². The fourth-order valence-corrected chi connectivity index (χ4v) is 4.05. The predicted octanol–water partition coefficient (Wildman–Crippen LogP) is 3.26. The number of nitrogens with one attached hydrogen (secondary N) is 1. The topological polar surface area (TPSA) is 86.3 Å². The van der Waals surface area contributed by atoms with Crippen molar-refractivity contribution >= 4 is 34.8 Å². The van der Waals surface area contributed by atoms with Gasteiger partial charge in [-0.1, -0.05) is 11.6 Å². The molecule has 1 saturated heterocycles. The highest BCUT2D eigenvalue weighted by Gasteiger charge is 2.36. The molecular weight excluding hydrogens is 424 g/mol. The van der Waals surface area contributed by atoms with Crippen molar-refractivity contribution in [1.82, 2.24) is 0 Å². The zero-order valence-corrected chi connectivity index (χ0v) is 17.4. The van der Waals surface area contributed by atoms with Gasteiger partial charge in [0.2, 0.25) is 11.8 Å². The van der Waals surface area contributed by atoms with E-state index in [1.54, 1.807) is 35.2 Å². The zero-order chi connectivity index (χ0) is 21.4. The van der Waals surface area contributed by atoms with Gasteiger partial charge >= 0.3 is 0 Å². The van der Waals surface area contributed by atoms with E-state index in [4.69, 9.17) is 30.5 Å². The molecule has 5 rings (SSSR count). The number of ether oxygens (including phenoxy) is 4. The molecule has 0 aromatic heterocycles. The molecule has 31 heavy (non-hydrogen) atoms. The Labute approximate surface area is 184 Å². The van der Waals surface area contributed by atoms with E-state index >= 15 is 0 Å². The minimum atomic E-state index is -0.507. The van der Waals surface area contributed by atoms with Gasteiger partial charge in [0.05, 0.1) is 29.8 Å². The fourth-order valence-electron chi connectivity index (χ4n) is 3.85. The number of halogens is 1. The van der Waals surface area contributed by atoms with E-state index in [2.05, 4.69) is 5.32 Å². The molecule has 3 aliphatic rings. The molecule has 3 heterocycles. The van der Waals surface area contributed by atoms with Gasteiger partial charge in [-0.3, -0.25) is 9.59 Å². The van der Waals surface area contributed by atoms with Gasteiger partial charge in [-0.05, 0) is 12.1 Å². The lowest BCUT2D eigenvalue weighted by Gasteiger charge is -2.22. The van der Waals surface area contributed by atoms with Crippen LogP contribution in [0.2, 0.25) is 5.02 Å². The molecule has 162 valence electrons. The number of anilines is 2. The van der Waals surface area contributed by atoms with Crippen LogP contribution in [0.3, 0.4) is 0 Å². The number of carbonyl (C=O) groups is 2. The molecule has 0 unspecified atom stereocenters. The van der Waals surface area contributed by atoms with Crippen LogP contribution in [0.4, 0.5) is 11.4 Å². The molecule has 9 heteroatoms. The first-order valence-electron chi connectivity index (χ1n) is 10.2. The van der Waals surface area contributed by atoms with Crippen LogP contribution < -0.4 is 29.2 Å². The second kappa shape index (κ2) is 8.19. The maximum absolute atomic E-state index is 12.9. The van der Waals surface area contributed by atoms with E-state index in [0.717, 1.165) is 6.42 Å². The minimum absolute atomic E-state index is 0.114.